The molecule has 2 rings (SSSR count). The monoisotopic (exact) mass is 326 g/mol. The summed E-state index contributed by atoms with van der Waals surface area (Å²) in [5, 5.41) is 9.62. The van der Waals surface area contributed by atoms with Crippen molar-refractivity contribution in [3.8, 4) is 6.07 Å². The van der Waals surface area contributed by atoms with Gasteiger partial charge in [0.25, 0.3) is 0 Å². The van der Waals surface area contributed by atoms with Gasteiger partial charge in [0.15, 0.2) is 0 Å². The lowest BCUT2D eigenvalue weighted by molar-refractivity contribution is -0.137. The number of nitrogens with zero attached hydrogens (tertiary/aromatic N) is 2. The minimum absolute atomic E-state index is 0.177. The normalized spacial score (nSPS) is 21.6. The highest BCUT2D eigenvalue weighted by Crippen LogP contribution is 2.33. The molecule has 0 radical (unpaired) electrons. The topological polar surface area (TPSA) is 53.3 Å². The van der Waals surface area contributed by atoms with Crippen LogP contribution in [0.15, 0.2) is 24.3 Å². The summed E-state index contributed by atoms with van der Waals surface area (Å²) in [6.07, 6.45) is -2.78. The molecule has 1 amide bonds. The number of likely N-dealkylation sites (tertiary alicyclic amines) is 1. The van der Waals surface area contributed by atoms with Crippen molar-refractivity contribution in [1.82, 2.24) is 4.90 Å². The van der Waals surface area contributed by atoms with Crippen LogP contribution in [0.1, 0.15) is 30.4 Å². The Morgan fingerprint density at radius 1 is 1.35 bits per heavy atom. The quantitative estimate of drug-likeness (QED) is 0.831. The Morgan fingerprint density at radius 2 is 2.00 bits per heavy atom. The van der Waals surface area contributed by atoms with Crippen LogP contribution in [0.4, 0.5) is 18.0 Å². The number of rotatable bonds is 2. The van der Waals surface area contributed by atoms with Crippen molar-refractivity contribution in [3.63, 3.8) is 0 Å². The van der Waals surface area contributed by atoms with Crippen LogP contribution < -0.4 is 0 Å². The van der Waals surface area contributed by atoms with Crippen LogP contribution in [0, 0.1) is 11.3 Å². The van der Waals surface area contributed by atoms with Crippen LogP contribution >= 0.6 is 0 Å². The molecule has 1 saturated heterocycles. The van der Waals surface area contributed by atoms with E-state index in [2.05, 4.69) is 6.07 Å². The maximum Gasteiger partial charge on any atom is 0.416 e. The van der Waals surface area contributed by atoms with E-state index in [0.29, 0.717) is 18.5 Å². The van der Waals surface area contributed by atoms with E-state index in [-0.39, 0.29) is 6.42 Å². The molecule has 1 atom stereocenters. The molecule has 0 aliphatic carbocycles. The van der Waals surface area contributed by atoms with Crippen molar-refractivity contribution in [2.45, 2.75) is 37.4 Å². The maximum absolute atomic E-state index is 12.6. The molecule has 1 fully saturated rings. The number of hydrogen-bond donors (Lipinski definition) is 0. The van der Waals surface area contributed by atoms with E-state index in [0.717, 1.165) is 25.0 Å². The molecule has 0 N–H and O–H groups in total. The van der Waals surface area contributed by atoms with Crippen LogP contribution in [0.2, 0.25) is 0 Å². The van der Waals surface area contributed by atoms with Gasteiger partial charge in [-0.15, -0.1) is 0 Å². The van der Waals surface area contributed by atoms with Gasteiger partial charge >= 0.3 is 12.3 Å². The molecule has 0 bridgehead atoms. The smallest absolute Gasteiger partial charge is 0.416 e. The maximum atomic E-state index is 12.6. The fraction of sp³-hybridized carbons (Fsp3) is 0.500. The number of hydrogen-bond acceptors (Lipinski definition) is 3. The average Bonchev–Trinajstić information content (AvgIpc) is 2.54. The zero-order valence-corrected chi connectivity index (χ0v) is 12.7. The molecular formula is C16H17F3N2O2. The third-order valence-corrected chi connectivity index (χ3v) is 4.12. The first-order valence-corrected chi connectivity index (χ1v) is 7.25. The molecule has 23 heavy (non-hydrogen) atoms. The second kappa shape index (κ2) is 6.49. The highest BCUT2D eigenvalue weighted by molar-refractivity contribution is 5.69. The predicted molar refractivity (Wildman–Crippen MR) is 76.5 cm³/mol. The zero-order valence-electron chi connectivity index (χ0n) is 12.7. The van der Waals surface area contributed by atoms with Crippen LogP contribution in [0.25, 0.3) is 0 Å². The highest BCUT2D eigenvalue weighted by Gasteiger charge is 2.43. The van der Waals surface area contributed by atoms with Gasteiger partial charge in [-0.3, -0.25) is 4.90 Å². The van der Waals surface area contributed by atoms with Gasteiger partial charge in [0.2, 0.25) is 0 Å². The number of methoxy groups -OCH3 is 1. The molecule has 1 aliphatic heterocycles. The number of carbonyl (C=O) groups is 1. The van der Waals surface area contributed by atoms with Crippen LogP contribution in [0.5, 0.6) is 0 Å². The van der Waals surface area contributed by atoms with Crippen LogP contribution in [-0.2, 0) is 17.3 Å². The fourth-order valence-corrected chi connectivity index (χ4v) is 2.90. The van der Waals surface area contributed by atoms with Gasteiger partial charge in [-0.05, 0) is 37.0 Å². The summed E-state index contributed by atoms with van der Waals surface area (Å²) in [6, 6.07) is 6.87. The molecule has 1 heterocycles. The number of benzene rings is 1. The minimum atomic E-state index is -4.39. The Bertz CT molecular complexity index is 607. The van der Waals surface area contributed by atoms with Crippen molar-refractivity contribution < 1.29 is 22.7 Å². The third-order valence-electron chi connectivity index (χ3n) is 4.12. The number of piperidine rings is 1. The summed E-state index contributed by atoms with van der Waals surface area (Å²) in [4.78, 5) is 13.3. The standard InChI is InChI=1S/C16H17F3N2O2/c1-23-14(22)21-9-3-2-8-15(21,11-20)10-12-4-6-13(7-5-12)16(17,18)19/h4-7H,2-3,8-10H2,1H3. The molecule has 1 aromatic carbocycles. The molecular weight excluding hydrogens is 309 g/mol. The first-order valence-electron chi connectivity index (χ1n) is 7.25. The Labute approximate surface area is 132 Å². The molecule has 1 unspecified atom stereocenters. The van der Waals surface area contributed by atoms with E-state index in [1.807, 2.05) is 0 Å². The lowest BCUT2D eigenvalue weighted by Crippen LogP contribution is -2.55. The second-order valence-electron chi connectivity index (χ2n) is 5.59. The fourth-order valence-electron chi connectivity index (χ4n) is 2.90. The number of halogens is 3. The minimum Gasteiger partial charge on any atom is -0.453 e. The van der Waals surface area contributed by atoms with E-state index in [9.17, 15) is 23.2 Å². The van der Waals surface area contributed by atoms with Crippen molar-refractivity contribution in [2.75, 3.05) is 13.7 Å². The molecule has 1 aromatic rings. The molecule has 0 aromatic heterocycles. The lowest BCUT2D eigenvalue weighted by Gasteiger charge is -2.41. The largest absolute Gasteiger partial charge is 0.453 e. The Morgan fingerprint density at radius 3 is 2.52 bits per heavy atom. The Hall–Kier alpha value is -2.23. The van der Waals surface area contributed by atoms with Gasteiger partial charge in [0.1, 0.15) is 5.54 Å². The average molecular weight is 326 g/mol. The Balaban J connectivity index is 2.26. The van der Waals surface area contributed by atoms with Crippen molar-refractivity contribution in [3.05, 3.63) is 35.4 Å². The summed E-state index contributed by atoms with van der Waals surface area (Å²) >= 11 is 0. The molecule has 124 valence electrons. The second-order valence-corrected chi connectivity index (χ2v) is 5.59. The third kappa shape index (κ3) is 3.58. The summed E-state index contributed by atoms with van der Waals surface area (Å²) in [6.45, 7) is 0.404. The number of nitriles is 1. The van der Waals surface area contributed by atoms with E-state index in [4.69, 9.17) is 4.74 Å². The van der Waals surface area contributed by atoms with Gasteiger partial charge in [0, 0.05) is 13.0 Å². The van der Waals surface area contributed by atoms with Gasteiger partial charge in [0.05, 0.1) is 18.7 Å². The number of ether oxygens (including phenoxy) is 1. The number of amides is 1. The summed E-state index contributed by atoms with van der Waals surface area (Å²) in [7, 11) is 1.25. The van der Waals surface area contributed by atoms with Crippen molar-refractivity contribution >= 4 is 6.09 Å². The summed E-state index contributed by atoms with van der Waals surface area (Å²) in [5.74, 6) is 0. The number of carbonyl (C=O) groups excluding carboxylic acids is 1. The lowest BCUT2D eigenvalue weighted by atomic mass is 9.82. The molecule has 0 spiro atoms. The molecule has 0 saturated carbocycles. The molecule has 1 aliphatic rings. The van der Waals surface area contributed by atoms with Crippen molar-refractivity contribution in [2.24, 2.45) is 0 Å². The van der Waals surface area contributed by atoms with Gasteiger partial charge in [-0.1, -0.05) is 12.1 Å². The predicted octanol–water partition coefficient (Wildman–Crippen LogP) is 3.76. The van der Waals surface area contributed by atoms with Gasteiger partial charge < -0.3 is 4.74 Å². The summed E-state index contributed by atoms with van der Waals surface area (Å²) in [5.41, 5.74) is -1.23. The number of alkyl halides is 3. The molecule has 4 nitrogen and oxygen atoms in total. The Kier molecular flexibility index (Phi) is 4.83. The van der Waals surface area contributed by atoms with E-state index in [1.54, 1.807) is 0 Å². The van der Waals surface area contributed by atoms with Crippen LogP contribution in [-0.4, -0.2) is 30.2 Å². The van der Waals surface area contributed by atoms with E-state index < -0.39 is 23.4 Å². The highest BCUT2D eigenvalue weighted by atomic mass is 19.4. The zero-order chi connectivity index (χ0) is 17.1. The first-order chi connectivity index (χ1) is 10.8. The van der Waals surface area contributed by atoms with Gasteiger partial charge in [-0.2, -0.15) is 18.4 Å². The van der Waals surface area contributed by atoms with E-state index in [1.165, 1.54) is 24.1 Å². The van der Waals surface area contributed by atoms with E-state index >= 15 is 0 Å². The first kappa shape index (κ1) is 17.1. The van der Waals surface area contributed by atoms with Gasteiger partial charge in [-0.25, -0.2) is 4.79 Å². The van der Waals surface area contributed by atoms with Crippen molar-refractivity contribution in [1.29, 1.82) is 5.26 Å². The SMILES string of the molecule is COC(=O)N1CCCCC1(C#N)Cc1ccc(C(F)(F)F)cc1. The molecule has 7 heteroatoms. The summed E-state index contributed by atoms with van der Waals surface area (Å²) < 4.78 is 42.6. The van der Waals surface area contributed by atoms with Crippen LogP contribution in [0.3, 0.4) is 0 Å².